The van der Waals surface area contributed by atoms with Crippen LogP contribution >= 0.6 is 0 Å². The number of hydrogen-bond acceptors (Lipinski definition) is 2. The van der Waals surface area contributed by atoms with Crippen molar-refractivity contribution in [1.82, 2.24) is 9.55 Å². The fourth-order valence-corrected chi connectivity index (χ4v) is 2.53. The Balaban J connectivity index is 2.09. The van der Waals surface area contributed by atoms with E-state index in [0.29, 0.717) is 6.04 Å². The third-order valence-corrected chi connectivity index (χ3v) is 3.53. The van der Waals surface area contributed by atoms with Crippen LogP contribution in [0.25, 0.3) is 0 Å². The molecule has 15 heavy (non-hydrogen) atoms. The fraction of sp³-hybridized carbons (Fsp3) is 0.750. The number of rotatable bonds is 2. The smallest absolute Gasteiger partial charge is 0.0951 e. The summed E-state index contributed by atoms with van der Waals surface area (Å²) in [5, 5.41) is 9.20. The maximum atomic E-state index is 9.20. The lowest BCUT2D eigenvalue weighted by Gasteiger charge is -2.18. The SMILES string of the molecule is CC1CCCC(n2cncc2CO)CC1. The van der Waals surface area contributed by atoms with Crippen LogP contribution in [-0.2, 0) is 6.61 Å². The molecule has 1 aromatic rings. The Bertz CT molecular complexity index is 308. The molecule has 3 nitrogen and oxygen atoms in total. The van der Waals surface area contributed by atoms with Crippen LogP contribution in [0.2, 0.25) is 0 Å². The Morgan fingerprint density at radius 1 is 1.40 bits per heavy atom. The van der Waals surface area contributed by atoms with Gasteiger partial charge >= 0.3 is 0 Å². The highest BCUT2D eigenvalue weighted by Crippen LogP contribution is 2.30. The average molecular weight is 208 g/mol. The lowest BCUT2D eigenvalue weighted by Crippen LogP contribution is -2.10. The summed E-state index contributed by atoms with van der Waals surface area (Å²) in [4.78, 5) is 4.12. The van der Waals surface area contributed by atoms with E-state index in [1.165, 1.54) is 32.1 Å². The molecule has 0 bridgehead atoms. The van der Waals surface area contributed by atoms with Crippen molar-refractivity contribution in [3.63, 3.8) is 0 Å². The Morgan fingerprint density at radius 2 is 2.27 bits per heavy atom. The first-order valence-corrected chi connectivity index (χ1v) is 5.93. The van der Waals surface area contributed by atoms with Crippen molar-refractivity contribution in [2.24, 2.45) is 5.92 Å². The van der Waals surface area contributed by atoms with Crippen molar-refractivity contribution in [3.8, 4) is 0 Å². The van der Waals surface area contributed by atoms with Gasteiger partial charge in [0.15, 0.2) is 0 Å². The van der Waals surface area contributed by atoms with Crippen molar-refractivity contribution in [1.29, 1.82) is 0 Å². The topological polar surface area (TPSA) is 38.0 Å². The first-order chi connectivity index (χ1) is 7.31. The molecule has 1 aromatic heterocycles. The summed E-state index contributed by atoms with van der Waals surface area (Å²) in [5.74, 6) is 0.857. The number of nitrogens with zero attached hydrogens (tertiary/aromatic N) is 2. The first-order valence-electron chi connectivity index (χ1n) is 5.93. The number of aliphatic hydroxyl groups is 1. The van der Waals surface area contributed by atoms with E-state index < -0.39 is 0 Å². The van der Waals surface area contributed by atoms with E-state index in [0.717, 1.165) is 11.6 Å². The monoisotopic (exact) mass is 208 g/mol. The van der Waals surface area contributed by atoms with Crippen LogP contribution in [0.1, 0.15) is 50.8 Å². The van der Waals surface area contributed by atoms with Crippen LogP contribution in [-0.4, -0.2) is 14.7 Å². The number of aromatic nitrogens is 2. The summed E-state index contributed by atoms with van der Waals surface area (Å²) in [7, 11) is 0. The Labute approximate surface area is 91.1 Å². The molecule has 1 fully saturated rings. The molecule has 2 atom stereocenters. The van der Waals surface area contributed by atoms with Gasteiger partial charge in [0, 0.05) is 6.04 Å². The molecular weight excluding hydrogens is 188 g/mol. The summed E-state index contributed by atoms with van der Waals surface area (Å²) in [6, 6.07) is 0.555. The Morgan fingerprint density at radius 3 is 3.07 bits per heavy atom. The minimum absolute atomic E-state index is 0.103. The largest absolute Gasteiger partial charge is 0.390 e. The molecule has 1 aliphatic carbocycles. The van der Waals surface area contributed by atoms with Crippen LogP contribution in [0, 0.1) is 5.92 Å². The van der Waals surface area contributed by atoms with Gasteiger partial charge in [-0.05, 0) is 25.2 Å². The molecule has 0 aromatic carbocycles. The van der Waals surface area contributed by atoms with Gasteiger partial charge in [0.25, 0.3) is 0 Å². The van der Waals surface area contributed by atoms with Crippen molar-refractivity contribution in [2.75, 3.05) is 0 Å². The van der Waals surface area contributed by atoms with E-state index in [1.54, 1.807) is 6.20 Å². The molecule has 0 spiro atoms. The number of hydrogen-bond donors (Lipinski definition) is 1. The molecule has 0 aliphatic heterocycles. The summed E-state index contributed by atoms with van der Waals surface area (Å²) in [6.45, 7) is 2.44. The maximum Gasteiger partial charge on any atom is 0.0951 e. The van der Waals surface area contributed by atoms with Gasteiger partial charge in [0.1, 0.15) is 0 Å². The molecule has 1 heterocycles. The molecule has 0 radical (unpaired) electrons. The molecule has 0 amide bonds. The predicted molar refractivity (Wildman–Crippen MR) is 59.4 cm³/mol. The maximum absolute atomic E-state index is 9.20. The number of aliphatic hydroxyl groups excluding tert-OH is 1. The van der Waals surface area contributed by atoms with E-state index in [4.69, 9.17) is 0 Å². The second-order valence-corrected chi connectivity index (χ2v) is 4.72. The van der Waals surface area contributed by atoms with E-state index in [1.807, 2.05) is 6.33 Å². The van der Waals surface area contributed by atoms with Gasteiger partial charge < -0.3 is 9.67 Å². The zero-order valence-corrected chi connectivity index (χ0v) is 9.39. The van der Waals surface area contributed by atoms with Gasteiger partial charge in [-0.3, -0.25) is 0 Å². The zero-order valence-electron chi connectivity index (χ0n) is 9.39. The summed E-state index contributed by atoms with van der Waals surface area (Å²) in [6.07, 6.45) is 10.0. The van der Waals surface area contributed by atoms with Crippen molar-refractivity contribution in [3.05, 3.63) is 18.2 Å². The Hall–Kier alpha value is -0.830. The van der Waals surface area contributed by atoms with Gasteiger partial charge in [0.05, 0.1) is 24.8 Å². The Kier molecular flexibility index (Phi) is 3.41. The lowest BCUT2D eigenvalue weighted by molar-refractivity contribution is 0.263. The predicted octanol–water partition coefficient (Wildman–Crippen LogP) is 2.52. The standard InChI is InChI=1S/C12H20N2O/c1-10-3-2-4-11(6-5-10)14-9-13-7-12(14)8-15/h7,9-11,15H,2-6,8H2,1H3. The molecule has 1 aliphatic rings. The highest BCUT2D eigenvalue weighted by atomic mass is 16.3. The number of imidazole rings is 1. The molecule has 3 heteroatoms. The van der Waals surface area contributed by atoms with Crippen molar-refractivity contribution >= 4 is 0 Å². The quantitative estimate of drug-likeness (QED) is 0.758. The van der Waals surface area contributed by atoms with Crippen LogP contribution in [0.5, 0.6) is 0 Å². The minimum atomic E-state index is 0.103. The molecule has 0 saturated heterocycles. The summed E-state index contributed by atoms with van der Waals surface area (Å²) >= 11 is 0. The first kappa shape index (κ1) is 10.7. The second-order valence-electron chi connectivity index (χ2n) is 4.72. The summed E-state index contributed by atoms with van der Waals surface area (Å²) < 4.78 is 2.16. The van der Waals surface area contributed by atoms with Gasteiger partial charge in [-0.25, -0.2) is 4.98 Å². The third-order valence-electron chi connectivity index (χ3n) is 3.53. The van der Waals surface area contributed by atoms with E-state index in [2.05, 4.69) is 16.5 Å². The normalized spacial score (nSPS) is 27.6. The summed E-state index contributed by atoms with van der Waals surface area (Å²) in [5.41, 5.74) is 0.953. The highest BCUT2D eigenvalue weighted by Gasteiger charge is 2.18. The van der Waals surface area contributed by atoms with Gasteiger partial charge in [0.2, 0.25) is 0 Å². The minimum Gasteiger partial charge on any atom is -0.390 e. The molecule has 1 N–H and O–H groups in total. The van der Waals surface area contributed by atoms with Crippen LogP contribution < -0.4 is 0 Å². The molecule has 2 rings (SSSR count). The van der Waals surface area contributed by atoms with Crippen molar-refractivity contribution in [2.45, 2.75) is 51.7 Å². The van der Waals surface area contributed by atoms with Gasteiger partial charge in [-0.1, -0.05) is 19.8 Å². The van der Waals surface area contributed by atoms with Crippen molar-refractivity contribution < 1.29 is 5.11 Å². The molecular formula is C12H20N2O. The molecule has 2 unspecified atom stereocenters. The van der Waals surface area contributed by atoms with Crippen LogP contribution in [0.15, 0.2) is 12.5 Å². The highest BCUT2D eigenvalue weighted by molar-refractivity contribution is 4.98. The molecule has 84 valence electrons. The van der Waals surface area contributed by atoms with Gasteiger partial charge in [-0.2, -0.15) is 0 Å². The lowest BCUT2D eigenvalue weighted by atomic mass is 10.0. The van der Waals surface area contributed by atoms with Gasteiger partial charge in [-0.15, -0.1) is 0 Å². The van der Waals surface area contributed by atoms with E-state index >= 15 is 0 Å². The second kappa shape index (κ2) is 4.79. The van der Waals surface area contributed by atoms with E-state index in [-0.39, 0.29) is 6.61 Å². The third kappa shape index (κ3) is 2.40. The molecule has 1 saturated carbocycles. The van der Waals surface area contributed by atoms with E-state index in [9.17, 15) is 5.11 Å². The van der Waals surface area contributed by atoms with Crippen LogP contribution in [0.4, 0.5) is 0 Å². The zero-order chi connectivity index (χ0) is 10.7. The average Bonchev–Trinajstić information content (AvgIpc) is 2.61. The van der Waals surface area contributed by atoms with Crippen LogP contribution in [0.3, 0.4) is 0 Å². The fourth-order valence-electron chi connectivity index (χ4n) is 2.53.